The van der Waals surface area contributed by atoms with Crippen LogP contribution in [0.2, 0.25) is 0 Å². The fraction of sp³-hybridized carbons (Fsp3) is 0.500. The number of para-hydroxylation sites is 2. The molecule has 1 aliphatic heterocycles. The van der Waals surface area contributed by atoms with Gasteiger partial charge in [-0.3, -0.25) is 4.79 Å². The van der Waals surface area contributed by atoms with E-state index in [1.54, 1.807) is 0 Å². The van der Waals surface area contributed by atoms with Crippen LogP contribution in [0.3, 0.4) is 0 Å². The normalized spacial score (nSPS) is 18.5. The average Bonchev–Trinajstić information content (AvgIpc) is 2.35. The zero-order valence-electron chi connectivity index (χ0n) is 10.5. The van der Waals surface area contributed by atoms with Crippen LogP contribution in [-0.2, 0) is 4.79 Å². The molecular weight excluding hydrogens is 214 g/mol. The zero-order chi connectivity index (χ0) is 12.3. The lowest BCUT2D eigenvalue weighted by molar-refractivity contribution is -0.119. The molecule has 2 rings (SSSR count). The molecule has 0 bridgehead atoms. The quantitative estimate of drug-likeness (QED) is 0.803. The number of amides is 1. The van der Waals surface area contributed by atoms with Gasteiger partial charge in [-0.05, 0) is 25.5 Å². The van der Waals surface area contributed by atoms with Crippen molar-refractivity contribution in [1.29, 1.82) is 0 Å². The highest BCUT2D eigenvalue weighted by Crippen LogP contribution is 2.33. The van der Waals surface area contributed by atoms with E-state index in [0.29, 0.717) is 13.0 Å². The maximum absolute atomic E-state index is 12.2. The second kappa shape index (κ2) is 5.21. The SMILES string of the molecule is CCCCC(=O)N1c2ccccc2OCC1C. The first kappa shape index (κ1) is 12.0. The summed E-state index contributed by atoms with van der Waals surface area (Å²) in [5, 5.41) is 0. The van der Waals surface area contributed by atoms with Gasteiger partial charge in [-0.1, -0.05) is 25.5 Å². The Balaban J connectivity index is 2.23. The van der Waals surface area contributed by atoms with E-state index in [0.717, 1.165) is 24.3 Å². The lowest BCUT2D eigenvalue weighted by atomic mass is 10.1. The molecule has 0 radical (unpaired) electrons. The van der Waals surface area contributed by atoms with E-state index in [1.165, 1.54) is 0 Å². The van der Waals surface area contributed by atoms with Gasteiger partial charge in [0.05, 0.1) is 11.7 Å². The second-order valence-electron chi connectivity index (χ2n) is 4.50. The summed E-state index contributed by atoms with van der Waals surface area (Å²) >= 11 is 0. The van der Waals surface area contributed by atoms with E-state index < -0.39 is 0 Å². The molecule has 3 heteroatoms. The van der Waals surface area contributed by atoms with Crippen LogP contribution in [-0.4, -0.2) is 18.6 Å². The van der Waals surface area contributed by atoms with E-state index in [4.69, 9.17) is 4.74 Å². The molecule has 1 unspecified atom stereocenters. The van der Waals surface area contributed by atoms with Crippen LogP contribution >= 0.6 is 0 Å². The van der Waals surface area contributed by atoms with E-state index >= 15 is 0 Å². The smallest absolute Gasteiger partial charge is 0.227 e. The van der Waals surface area contributed by atoms with Gasteiger partial charge < -0.3 is 9.64 Å². The van der Waals surface area contributed by atoms with Crippen molar-refractivity contribution in [3.8, 4) is 5.75 Å². The monoisotopic (exact) mass is 233 g/mol. The van der Waals surface area contributed by atoms with Crippen LogP contribution in [0.5, 0.6) is 5.75 Å². The third-order valence-corrected chi connectivity index (χ3v) is 3.06. The molecule has 0 fully saturated rings. The number of hydrogen-bond acceptors (Lipinski definition) is 2. The van der Waals surface area contributed by atoms with Crippen LogP contribution in [0, 0.1) is 0 Å². The molecule has 0 aromatic heterocycles. The van der Waals surface area contributed by atoms with Gasteiger partial charge in [-0.15, -0.1) is 0 Å². The first-order valence-corrected chi connectivity index (χ1v) is 6.28. The number of carbonyl (C=O) groups excluding carboxylic acids is 1. The van der Waals surface area contributed by atoms with Gasteiger partial charge in [0.1, 0.15) is 12.4 Å². The number of ether oxygens (including phenoxy) is 1. The average molecular weight is 233 g/mol. The number of hydrogen-bond donors (Lipinski definition) is 0. The first-order chi connectivity index (χ1) is 8.24. The Kier molecular flexibility index (Phi) is 3.67. The summed E-state index contributed by atoms with van der Waals surface area (Å²) < 4.78 is 5.63. The van der Waals surface area contributed by atoms with Crippen LogP contribution in [0.1, 0.15) is 33.1 Å². The molecule has 0 saturated carbocycles. The molecule has 1 aromatic carbocycles. The number of rotatable bonds is 3. The number of benzene rings is 1. The molecule has 0 aliphatic carbocycles. The highest BCUT2D eigenvalue weighted by Gasteiger charge is 2.28. The summed E-state index contributed by atoms with van der Waals surface area (Å²) in [6.45, 7) is 4.71. The van der Waals surface area contributed by atoms with Gasteiger partial charge in [0, 0.05) is 6.42 Å². The van der Waals surface area contributed by atoms with Gasteiger partial charge in [0.25, 0.3) is 0 Å². The molecule has 1 atom stereocenters. The largest absolute Gasteiger partial charge is 0.489 e. The van der Waals surface area contributed by atoms with Crippen LogP contribution in [0.15, 0.2) is 24.3 Å². The highest BCUT2D eigenvalue weighted by molar-refractivity contribution is 5.95. The number of nitrogens with zero attached hydrogens (tertiary/aromatic N) is 1. The fourth-order valence-electron chi connectivity index (χ4n) is 2.13. The Labute approximate surface area is 102 Å². The maximum Gasteiger partial charge on any atom is 0.227 e. The molecule has 92 valence electrons. The number of fused-ring (bicyclic) bond motifs is 1. The summed E-state index contributed by atoms with van der Waals surface area (Å²) in [4.78, 5) is 14.1. The molecule has 3 nitrogen and oxygen atoms in total. The number of carbonyl (C=O) groups is 1. The summed E-state index contributed by atoms with van der Waals surface area (Å²) in [7, 11) is 0. The Morgan fingerprint density at radius 1 is 1.47 bits per heavy atom. The van der Waals surface area contributed by atoms with Crippen molar-refractivity contribution < 1.29 is 9.53 Å². The summed E-state index contributed by atoms with van der Waals surface area (Å²) in [5.74, 6) is 1.02. The molecule has 1 amide bonds. The Hall–Kier alpha value is -1.51. The summed E-state index contributed by atoms with van der Waals surface area (Å²) in [6, 6.07) is 7.87. The summed E-state index contributed by atoms with van der Waals surface area (Å²) in [6.07, 6.45) is 2.62. The van der Waals surface area contributed by atoms with E-state index in [1.807, 2.05) is 36.1 Å². The number of unbranched alkanes of at least 4 members (excludes halogenated alkanes) is 1. The molecular formula is C14H19NO2. The van der Waals surface area contributed by atoms with E-state index in [2.05, 4.69) is 6.92 Å². The minimum atomic E-state index is 0.120. The predicted molar refractivity (Wildman–Crippen MR) is 68.4 cm³/mol. The number of anilines is 1. The lowest BCUT2D eigenvalue weighted by Crippen LogP contribution is -2.45. The van der Waals surface area contributed by atoms with Crippen LogP contribution in [0.4, 0.5) is 5.69 Å². The van der Waals surface area contributed by atoms with Crippen molar-refractivity contribution in [3.63, 3.8) is 0 Å². The van der Waals surface area contributed by atoms with E-state index in [9.17, 15) is 4.79 Å². The Bertz CT molecular complexity index is 403. The third kappa shape index (κ3) is 2.43. The van der Waals surface area contributed by atoms with Crippen molar-refractivity contribution in [2.24, 2.45) is 0 Å². The van der Waals surface area contributed by atoms with Gasteiger partial charge in [0.15, 0.2) is 0 Å². The van der Waals surface area contributed by atoms with E-state index in [-0.39, 0.29) is 11.9 Å². The predicted octanol–water partition coefficient (Wildman–Crippen LogP) is 2.99. The zero-order valence-corrected chi connectivity index (χ0v) is 10.5. The summed E-state index contributed by atoms with van der Waals surface area (Å²) in [5.41, 5.74) is 0.910. The third-order valence-electron chi connectivity index (χ3n) is 3.06. The second-order valence-corrected chi connectivity index (χ2v) is 4.50. The van der Waals surface area contributed by atoms with Gasteiger partial charge in [0.2, 0.25) is 5.91 Å². The molecule has 1 heterocycles. The first-order valence-electron chi connectivity index (χ1n) is 6.28. The van der Waals surface area contributed by atoms with Gasteiger partial charge in [-0.25, -0.2) is 0 Å². The molecule has 17 heavy (non-hydrogen) atoms. The topological polar surface area (TPSA) is 29.5 Å². The lowest BCUT2D eigenvalue weighted by Gasteiger charge is -2.35. The molecule has 1 aromatic rings. The van der Waals surface area contributed by atoms with Crippen molar-refractivity contribution in [1.82, 2.24) is 0 Å². The molecule has 0 N–H and O–H groups in total. The van der Waals surface area contributed by atoms with Gasteiger partial charge >= 0.3 is 0 Å². The van der Waals surface area contributed by atoms with Crippen molar-refractivity contribution in [2.45, 2.75) is 39.2 Å². The molecule has 0 saturated heterocycles. The van der Waals surface area contributed by atoms with Crippen LogP contribution < -0.4 is 9.64 Å². The van der Waals surface area contributed by atoms with Gasteiger partial charge in [-0.2, -0.15) is 0 Å². The van der Waals surface area contributed by atoms with Crippen molar-refractivity contribution in [3.05, 3.63) is 24.3 Å². The Morgan fingerprint density at radius 3 is 3.00 bits per heavy atom. The van der Waals surface area contributed by atoms with Crippen molar-refractivity contribution in [2.75, 3.05) is 11.5 Å². The minimum absolute atomic E-state index is 0.120. The standard InChI is InChI=1S/C14H19NO2/c1-3-4-9-14(16)15-11(2)10-17-13-8-6-5-7-12(13)15/h5-8,11H,3-4,9-10H2,1-2H3. The van der Waals surface area contributed by atoms with Crippen molar-refractivity contribution >= 4 is 11.6 Å². The highest BCUT2D eigenvalue weighted by atomic mass is 16.5. The molecule has 0 spiro atoms. The Morgan fingerprint density at radius 2 is 2.24 bits per heavy atom. The molecule has 1 aliphatic rings. The van der Waals surface area contributed by atoms with Crippen LogP contribution in [0.25, 0.3) is 0 Å². The minimum Gasteiger partial charge on any atom is -0.489 e. The fourth-order valence-corrected chi connectivity index (χ4v) is 2.13. The maximum atomic E-state index is 12.2.